The summed E-state index contributed by atoms with van der Waals surface area (Å²) in [5.74, 6) is 0.557. The first kappa shape index (κ1) is 23.2. The van der Waals surface area contributed by atoms with Crippen LogP contribution in [0.1, 0.15) is 65.1 Å². The summed E-state index contributed by atoms with van der Waals surface area (Å²) in [7, 11) is 0. The molecule has 0 fully saturated rings. The Hall–Kier alpha value is -3.04. The van der Waals surface area contributed by atoms with Crippen LogP contribution < -0.4 is 10.3 Å². The molecule has 0 aliphatic carbocycles. The maximum absolute atomic E-state index is 12.8. The predicted octanol–water partition coefficient (Wildman–Crippen LogP) is 4.50. The molecule has 6 nitrogen and oxygen atoms in total. The average Bonchev–Trinajstić information content (AvgIpc) is 3.08. The lowest BCUT2D eigenvalue weighted by Crippen LogP contribution is -2.52. The van der Waals surface area contributed by atoms with Crippen molar-refractivity contribution >= 4 is 5.70 Å². The minimum atomic E-state index is -0.992. The third-order valence-corrected chi connectivity index (χ3v) is 4.82. The highest BCUT2D eigenvalue weighted by Crippen LogP contribution is 2.42. The highest BCUT2D eigenvalue weighted by molar-refractivity contribution is 5.56. The number of rotatable bonds is 3. The molecule has 1 aromatic carbocycles. The number of allylic oxidation sites excluding steroid dienone is 4. The Balaban J connectivity index is 0.00000101. The summed E-state index contributed by atoms with van der Waals surface area (Å²) in [6.07, 6.45) is 7.60. The van der Waals surface area contributed by atoms with Crippen LogP contribution in [0.25, 0.3) is 5.70 Å². The topological polar surface area (TPSA) is 80.2 Å². The Morgan fingerprint density at radius 1 is 1.30 bits per heavy atom. The summed E-state index contributed by atoms with van der Waals surface area (Å²) < 4.78 is 9.20. The third-order valence-electron chi connectivity index (χ3n) is 4.82. The van der Waals surface area contributed by atoms with Crippen molar-refractivity contribution in [1.82, 2.24) is 9.36 Å². The van der Waals surface area contributed by atoms with Gasteiger partial charge >= 0.3 is 0 Å². The first-order chi connectivity index (χ1) is 14.2. The van der Waals surface area contributed by atoms with Gasteiger partial charge in [-0.25, -0.2) is 4.68 Å². The molecule has 0 spiro atoms. The van der Waals surface area contributed by atoms with Crippen LogP contribution in [0.5, 0.6) is 5.75 Å². The molecule has 2 heterocycles. The summed E-state index contributed by atoms with van der Waals surface area (Å²) in [5, 5.41) is 20.4. The molecule has 6 heteroatoms. The zero-order chi connectivity index (χ0) is 22.5. The average molecular weight is 410 g/mol. The zero-order valence-electron chi connectivity index (χ0n) is 18.6. The van der Waals surface area contributed by atoms with E-state index in [0.717, 1.165) is 5.70 Å². The van der Waals surface area contributed by atoms with Crippen LogP contribution in [0.2, 0.25) is 0 Å². The quantitative estimate of drug-likeness (QED) is 0.757. The fourth-order valence-corrected chi connectivity index (χ4v) is 3.45. The molecule has 0 radical (unpaired) electrons. The van der Waals surface area contributed by atoms with Crippen LogP contribution in [-0.4, -0.2) is 26.2 Å². The number of benzene rings is 1. The molecule has 1 aliphatic heterocycles. The van der Waals surface area contributed by atoms with E-state index in [1.165, 1.54) is 17.2 Å². The number of hydrogen-bond donors (Lipinski definition) is 1. The minimum absolute atomic E-state index is 0.242. The van der Waals surface area contributed by atoms with Crippen LogP contribution in [0.3, 0.4) is 0 Å². The predicted molar refractivity (Wildman–Crippen MR) is 119 cm³/mol. The van der Waals surface area contributed by atoms with E-state index in [4.69, 9.17) is 4.74 Å². The molecule has 1 aliphatic rings. The number of aromatic nitrogens is 2. The molecule has 0 saturated heterocycles. The Labute approximate surface area is 178 Å². The van der Waals surface area contributed by atoms with Crippen molar-refractivity contribution in [1.29, 1.82) is 5.26 Å². The molecule has 3 rings (SSSR count). The number of fused-ring (bicyclic) bond motifs is 1. The van der Waals surface area contributed by atoms with Gasteiger partial charge in [-0.15, -0.1) is 0 Å². The second kappa shape index (κ2) is 9.64. The van der Waals surface area contributed by atoms with Crippen LogP contribution in [-0.2, 0) is 0 Å². The summed E-state index contributed by atoms with van der Waals surface area (Å²) >= 11 is 0. The molecule has 2 aromatic rings. The van der Waals surface area contributed by atoms with Crippen molar-refractivity contribution in [2.45, 2.75) is 65.7 Å². The SMILES string of the molecule is C/C=C\C(=C/C)n1ccc(=O)n1[C@@H]1c2cc(C#N)ccc2OC(C)(C)[C@H]1O.CCC. The summed E-state index contributed by atoms with van der Waals surface area (Å²) in [4.78, 5) is 12.8. The maximum Gasteiger partial charge on any atom is 0.267 e. The van der Waals surface area contributed by atoms with Gasteiger partial charge in [-0.05, 0) is 52.0 Å². The monoisotopic (exact) mass is 409 g/mol. The molecule has 0 amide bonds. The van der Waals surface area contributed by atoms with Gasteiger partial charge in [0.25, 0.3) is 5.56 Å². The fourth-order valence-electron chi connectivity index (χ4n) is 3.45. The van der Waals surface area contributed by atoms with E-state index in [9.17, 15) is 15.2 Å². The van der Waals surface area contributed by atoms with Gasteiger partial charge in [-0.3, -0.25) is 9.48 Å². The highest BCUT2D eigenvalue weighted by Gasteiger charge is 2.45. The molecule has 160 valence electrons. The second-order valence-electron chi connectivity index (χ2n) is 7.72. The number of aliphatic hydroxyl groups is 1. The van der Waals surface area contributed by atoms with Gasteiger partial charge in [0.2, 0.25) is 0 Å². The number of nitriles is 1. The summed E-state index contributed by atoms with van der Waals surface area (Å²) in [5.41, 5.74) is 0.707. The minimum Gasteiger partial charge on any atom is -0.485 e. The standard InChI is InChI=1S/C21H23N3O3.C3H8/c1-5-7-15(6-2)23-11-10-18(25)24(23)19-16-12-14(13-22)8-9-17(16)27-21(3,4)20(19)26;1-3-2/h5-12,19-20,26H,1-4H3;3H2,1-2H3/b7-5-,15-6+;/t19-,20+;/m1./s1. The van der Waals surface area contributed by atoms with Crippen LogP contribution in [0.4, 0.5) is 0 Å². The van der Waals surface area contributed by atoms with E-state index in [1.54, 1.807) is 42.9 Å². The molecule has 2 atom stereocenters. The number of hydrogen-bond acceptors (Lipinski definition) is 4. The molecule has 1 aromatic heterocycles. The van der Waals surface area contributed by atoms with Crippen molar-refractivity contribution in [2.24, 2.45) is 0 Å². The van der Waals surface area contributed by atoms with Crippen molar-refractivity contribution in [3.63, 3.8) is 0 Å². The van der Waals surface area contributed by atoms with E-state index < -0.39 is 17.7 Å². The lowest BCUT2D eigenvalue weighted by Gasteiger charge is -2.42. The largest absolute Gasteiger partial charge is 0.485 e. The molecule has 0 saturated carbocycles. The van der Waals surface area contributed by atoms with Gasteiger partial charge in [0, 0.05) is 17.8 Å². The van der Waals surface area contributed by atoms with Crippen LogP contribution in [0.15, 0.2) is 53.5 Å². The van der Waals surface area contributed by atoms with Crippen LogP contribution >= 0.6 is 0 Å². The molecule has 30 heavy (non-hydrogen) atoms. The normalized spacial score (nSPS) is 20.0. The van der Waals surface area contributed by atoms with E-state index in [-0.39, 0.29) is 5.56 Å². The molecule has 1 N–H and O–H groups in total. The van der Waals surface area contributed by atoms with E-state index in [0.29, 0.717) is 16.9 Å². The smallest absolute Gasteiger partial charge is 0.267 e. The molecular formula is C24H31N3O3. The van der Waals surface area contributed by atoms with Crippen molar-refractivity contribution in [2.75, 3.05) is 0 Å². The summed E-state index contributed by atoms with van der Waals surface area (Å²) in [6.45, 7) is 11.6. The number of ether oxygens (including phenoxy) is 1. The van der Waals surface area contributed by atoms with Gasteiger partial charge in [-0.2, -0.15) is 5.26 Å². The van der Waals surface area contributed by atoms with E-state index in [2.05, 4.69) is 19.9 Å². The Morgan fingerprint density at radius 2 is 1.97 bits per heavy atom. The van der Waals surface area contributed by atoms with Gasteiger partial charge in [0.1, 0.15) is 23.5 Å². The lowest BCUT2D eigenvalue weighted by molar-refractivity contribution is -0.0673. The van der Waals surface area contributed by atoms with Gasteiger partial charge < -0.3 is 9.84 Å². The highest BCUT2D eigenvalue weighted by atomic mass is 16.5. The Bertz CT molecular complexity index is 1030. The first-order valence-corrected chi connectivity index (χ1v) is 10.3. The molecular weight excluding hydrogens is 378 g/mol. The lowest BCUT2D eigenvalue weighted by atomic mass is 9.86. The third kappa shape index (κ3) is 4.42. The van der Waals surface area contributed by atoms with Gasteiger partial charge in [0.15, 0.2) is 0 Å². The Morgan fingerprint density at radius 3 is 2.53 bits per heavy atom. The second-order valence-corrected chi connectivity index (χ2v) is 7.72. The van der Waals surface area contributed by atoms with Crippen LogP contribution in [0, 0.1) is 11.3 Å². The van der Waals surface area contributed by atoms with Crippen molar-refractivity contribution in [3.05, 3.63) is 70.2 Å². The summed E-state index contributed by atoms with van der Waals surface area (Å²) in [6, 6.07) is 7.94. The fraction of sp³-hybridized carbons (Fsp3) is 0.417. The molecule has 0 unspecified atom stereocenters. The van der Waals surface area contributed by atoms with E-state index in [1.807, 2.05) is 32.1 Å². The number of nitrogens with zero attached hydrogens (tertiary/aromatic N) is 3. The Kier molecular flexibility index (Phi) is 7.47. The maximum atomic E-state index is 12.8. The van der Waals surface area contributed by atoms with Gasteiger partial charge in [0.05, 0.1) is 17.3 Å². The van der Waals surface area contributed by atoms with Gasteiger partial charge in [-0.1, -0.05) is 32.4 Å². The first-order valence-electron chi connectivity index (χ1n) is 10.3. The number of aliphatic hydroxyl groups excluding tert-OH is 1. The zero-order valence-corrected chi connectivity index (χ0v) is 18.6. The van der Waals surface area contributed by atoms with E-state index >= 15 is 0 Å². The van der Waals surface area contributed by atoms with Crippen molar-refractivity contribution in [3.8, 4) is 11.8 Å². The molecule has 0 bridgehead atoms. The van der Waals surface area contributed by atoms with Crippen molar-refractivity contribution < 1.29 is 9.84 Å².